The van der Waals surface area contributed by atoms with Crippen LogP contribution in [0.3, 0.4) is 0 Å². The standard InChI is InChI=1S/C18H32N4O.HI/c1-4-18(5-2,11-14-23)15-22-17(19-6-3)21-13-10-16-9-7-8-12-20-16;/h7-9,12,23H,4-6,10-11,13-15H2,1-3H3,(H2,19,21,22);1H. The Kier molecular flexibility index (Phi) is 12.9. The molecule has 0 aliphatic rings. The zero-order chi connectivity index (χ0) is 17.0. The Morgan fingerprint density at radius 3 is 2.50 bits per heavy atom. The Balaban J connectivity index is 0.00000529. The summed E-state index contributed by atoms with van der Waals surface area (Å²) < 4.78 is 0. The highest BCUT2D eigenvalue weighted by molar-refractivity contribution is 14.0. The SMILES string of the molecule is CCNC(=NCC(CC)(CC)CCO)NCCc1ccccn1.I. The minimum atomic E-state index is 0. The number of halogens is 1. The molecule has 0 atom stereocenters. The van der Waals surface area contributed by atoms with E-state index in [1.165, 1.54) is 0 Å². The maximum absolute atomic E-state index is 9.31. The third-order valence-corrected chi connectivity index (χ3v) is 4.46. The molecule has 24 heavy (non-hydrogen) atoms. The number of nitrogens with one attached hydrogen (secondary N) is 2. The highest BCUT2D eigenvalue weighted by Crippen LogP contribution is 2.30. The molecular formula is C18H33IN4O. The van der Waals surface area contributed by atoms with Gasteiger partial charge < -0.3 is 15.7 Å². The molecule has 0 aliphatic carbocycles. The lowest BCUT2D eigenvalue weighted by Gasteiger charge is -2.29. The molecule has 0 aliphatic heterocycles. The van der Waals surface area contributed by atoms with Crippen LogP contribution in [0.1, 0.15) is 45.7 Å². The van der Waals surface area contributed by atoms with Gasteiger partial charge >= 0.3 is 0 Å². The first kappa shape index (κ1) is 23.1. The Morgan fingerprint density at radius 2 is 1.96 bits per heavy atom. The molecule has 3 N–H and O–H groups in total. The summed E-state index contributed by atoms with van der Waals surface area (Å²) in [6.45, 7) is 9.01. The first-order chi connectivity index (χ1) is 11.2. The molecule has 0 aromatic carbocycles. The van der Waals surface area contributed by atoms with E-state index >= 15 is 0 Å². The van der Waals surface area contributed by atoms with Crippen molar-refractivity contribution >= 4 is 29.9 Å². The van der Waals surface area contributed by atoms with Crippen molar-refractivity contribution in [1.29, 1.82) is 0 Å². The molecule has 1 heterocycles. The molecule has 0 spiro atoms. The van der Waals surface area contributed by atoms with Gasteiger partial charge in [0.25, 0.3) is 0 Å². The molecule has 0 saturated heterocycles. The number of pyridine rings is 1. The Labute approximate surface area is 163 Å². The van der Waals surface area contributed by atoms with E-state index in [4.69, 9.17) is 4.99 Å². The maximum Gasteiger partial charge on any atom is 0.191 e. The molecule has 138 valence electrons. The molecule has 0 fully saturated rings. The van der Waals surface area contributed by atoms with E-state index in [1.54, 1.807) is 0 Å². The van der Waals surface area contributed by atoms with Crippen LogP contribution in [0.15, 0.2) is 29.4 Å². The van der Waals surface area contributed by atoms with Crippen LogP contribution < -0.4 is 10.6 Å². The fraction of sp³-hybridized carbons (Fsp3) is 0.667. The number of hydrogen-bond acceptors (Lipinski definition) is 3. The van der Waals surface area contributed by atoms with Gasteiger partial charge in [-0.3, -0.25) is 9.98 Å². The minimum absolute atomic E-state index is 0. The zero-order valence-electron chi connectivity index (χ0n) is 15.2. The molecule has 1 rings (SSSR count). The Bertz CT molecular complexity index is 450. The molecule has 1 aromatic rings. The summed E-state index contributed by atoms with van der Waals surface area (Å²) in [4.78, 5) is 9.07. The molecule has 0 radical (unpaired) electrons. The van der Waals surface area contributed by atoms with Gasteiger partial charge in [0.15, 0.2) is 5.96 Å². The van der Waals surface area contributed by atoms with Crippen molar-refractivity contribution in [2.75, 3.05) is 26.2 Å². The van der Waals surface area contributed by atoms with Crippen molar-refractivity contribution in [2.24, 2.45) is 10.4 Å². The van der Waals surface area contributed by atoms with Crippen LogP contribution >= 0.6 is 24.0 Å². The van der Waals surface area contributed by atoms with Crippen molar-refractivity contribution in [3.05, 3.63) is 30.1 Å². The highest BCUT2D eigenvalue weighted by Gasteiger charge is 2.25. The predicted molar refractivity (Wildman–Crippen MR) is 112 cm³/mol. The van der Waals surface area contributed by atoms with Gasteiger partial charge in [0.2, 0.25) is 0 Å². The van der Waals surface area contributed by atoms with Crippen molar-refractivity contribution < 1.29 is 5.11 Å². The number of nitrogens with zero attached hydrogens (tertiary/aromatic N) is 2. The van der Waals surface area contributed by atoms with Crippen molar-refractivity contribution in [3.63, 3.8) is 0 Å². The first-order valence-corrected chi connectivity index (χ1v) is 8.72. The molecule has 0 amide bonds. The quantitative estimate of drug-likeness (QED) is 0.293. The van der Waals surface area contributed by atoms with Crippen molar-refractivity contribution in [3.8, 4) is 0 Å². The average molecular weight is 448 g/mol. The number of aromatic nitrogens is 1. The van der Waals surface area contributed by atoms with Crippen molar-refractivity contribution in [2.45, 2.75) is 46.5 Å². The van der Waals surface area contributed by atoms with Crippen LogP contribution in [0.4, 0.5) is 0 Å². The van der Waals surface area contributed by atoms with Gasteiger partial charge in [0.1, 0.15) is 0 Å². The topological polar surface area (TPSA) is 69.5 Å². The molecule has 0 bridgehead atoms. The summed E-state index contributed by atoms with van der Waals surface area (Å²) in [5.41, 5.74) is 1.17. The summed E-state index contributed by atoms with van der Waals surface area (Å²) in [7, 11) is 0. The van der Waals surface area contributed by atoms with Crippen LogP contribution in [-0.4, -0.2) is 42.3 Å². The van der Waals surface area contributed by atoms with Gasteiger partial charge in [-0.2, -0.15) is 0 Å². The molecule has 0 unspecified atom stereocenters. The van der Waals surface area contributed by atoms with E-state index in [2.05, 4.69) is 36.4 Å². The van der Waals surface area contributed by atoms with E-state index in [1.807, 2.05) is 24.4 Å². The van der Waals surface area contributed by atoms with E-state index < -0.39 is 0 Å². The van der Waals surface area contributed by atoms with Crippen LogP contribution in [0.25, 0.3) is 0 Å². The predicted octanol–water partition coefficient (Wildman–Crippen LogP) is 2.99. The van der Waals surface area contributed by atoms with Crippen molar-refractivity contribution in [1.82, 2.24) is 15.6 Å². The van der Waals surface area contributed by atoms with Gasteiger partial charge in [-0.1, -0.05) is 19.9 Å². The van der Waals surface area contributed by atoms with Crippen LogP contribution in [0.2, 0.25) is 0 Å². The number of hydrogen-bond donors (Lipinski definition) is 3. The maximum atomic E-state index is 9.31. The van der Waals surface area contributed by atoms with Crippen LogP contribution in [-0.2, 0) is 6.42 Å². The monoisotopic (exact) mass is 448 g/mol. The largest absolute Gasteiger partial charge is 0.396 e. The zero-order valence-corrected chi connectivity index (χ0v) is 17.5. The summed E-state index contributed by atoms with van der Waals surface area (Å²) in [6, 6.07) is 5.97. The average Bonchev–Trinajstić information content (AvgIpc) is 2.59. The van der Waals surface area contributed by atoms with Crippen LogP contribution in [0.5, 0.6) is 0 Å². The Hall–Kier alpha value is -0.890. The lowest BCUT2D eigenvalue weighted by molar-refractivity contribution is 0.175. The minimum Gasteiger partial charge on any atom is -0.396 e. The van der Waals surface area contributed by atoms with Gasteiger partial charge in [0, 0.05) is 44.6 Å². The van der Waals surface area contributed by atoms with Gasteiger partial charge in [-0.15, -0.1) is 24.0 Å². The number of aliphatic hydroxyl groups is 1. The molecule has 1 aromatic heterocycles. The molecule has 6 heteroatoms. The number of guanidine groups is 1. The second-order valence-electron chi connectivity index (χ2n) is 5.87. The van der Waals surface area contributed by atoms with E-state index in [0.29, 0.717) is 0 Å². The number of aliphatic hydroxyl groups excluding tert-OH is 1. The van der Waals surface area contributed by atoms with E-state index in [-0.39, 0.29) is 36.0 Å². The molecule has 0 saturated carbocycles. The Morgan fingerprint density at radius 1 is 1.21 bits per heavy atom. The fourth-order valence-electron chi connectivity index (χ4n) is 2.59. The normalized spacial score (nSPS) is 11.8. The molecular weight excluding hydrogens is 415 g/mol. The second-order valence-corrected chi connectivity index (χ2v) is 5.87. The lowest BCUT2D eigenvalue weighted by atomic mass is 9.79. The third kappa shape index (κ3) is 8.28. The summed E-state index contributed by atoms with van der Waals surface area (Å²) in [5, 5.41) is 16.0. The lowest BCUT2D eigenvalue weighted by Crippen LogP contribution is -2.39. The fourth-order valence-corrected chi connectivity index (χ4v) is 2.59. The second kappa shape index (κ2) is 13.4. The van der Waals surface area contributed by atoms with Gasteiger partial charge in [0.05, 0.1) is 0 Å². The van der Waals surface area contributed by atoms with Crippen LogP contribution in [0, 0.1) is 5.41 Å². The first-order valence-electron chi connectivity index (χ1n) is 8.72. The summed E-state index contributed by atoms with van der Waals surface area (Å²) >= 11 is 0. The summed E-state index contributed by atoms with van der Waals surface area (Å²) in [6.07, 6.45) is 5.55. The van der Waals surface area contributed by atoms with E-state index in [0.717, 1.165) is 57.0 Å². The highest BCUT2D eigenvalue weighted by atomic mass is 127. The third-order valence-electron chi connectivity index (χ3n) is 4.46. The van der Waals surface area contributed by atoms with E-state index in [9.17, 15) is 5.11 Å². The van der Waals surface area contributed by atoms with Gasteiger partial charge in [-0.25, -0.2) is 0 Å². The summed E-state index contributed by atoms with van der Waals surface area (Å²) in [5.74, 6) is 0.840. The number of aliphatic imine (C=N–C) groups is 1. The number of rotatable bonds is 10. The van der Waals surface area contributed by atoms with Gasteiger partial charge in [-0.05, 0) is 43.7 Å². The smallest absolute Gasteiger partial charge is 0.191 e. The molecule has 5 nitrogen and oxygen atoms in total.